The fourth-order valence-corrected chi connectivity index (χ4v) is 2.72. The molecule has 5 nitrogen and oxygen atoms in total. The molecule has 0 aliphatic heterocycles. The van der Waals surface area contributed by atoms with Crippen LogP contribution in [0.2, 0.25) is 0 Å². The number of anilines is 1. The molecule has 0 aliphatic rings. The Labute approximate surface area is 163 Å². The minimum atomic E-state index is -0.924. The maximum absolute atomic E-state index is 12.4. The summed E-state index contributed by atoms with van der Waals surface area (Å²) in [6, 6.07) is 20.6. The van der Waals surface area contributed by atoms with E-state index in [2.05, 4.69) is 5.32 Å². The SMILES string of the molecule is COc1ccc(/C=C/C(=O)O[C@@H](C)C(=O)Nc2cccc3ccccc23)cc1. The maximum Gasteiger partial charge on any atom is 0.331 e. The molecule has 0 radical (unpaired) electrons. The fraction of sp³-hybridized carbons (Fsp3) is 0.130. The maximum atomic E-state index is 12.4. The number of amides is 1. The second-order valence-corrected chi connectivity index (χ2v) is 6.20. The van der Waals surface area contributed by atoms with Crippen molar-refractivity contribution < 1.29 is 19.1 Å². The number of methoxy groups -OCH3 is 1. The van der Waals surface area contributed by atoms with Crippen molar-refractivity contribution in [3.05, 3.63) is 78.4 Å². The first-order valence-electron chi connectivity index (χ1n) is 8.88. The van der Waals surface area contributed by atoms with Crippen molar-refractivity contribution in [2.24, 2.45) is 0 Å². The molecule has 1 amide bonds. The standard InChI is InChI=1S/C23H21NO4/c1-16(28-22(25)15-12-17-10-13-19(27-2)14-11-17)23(26)24-21-9-5-7-18-6-3-4-8-20(18)21/h3-16H,1-2H3,(H,24,26)/b15-12+/t16-/m0/s1. The number of fused-ring (bicyclic) bond motifs is 1. The lowest BCUT2D eigenvalue weighted by atomic mass is 10.1. The van der Waals surface area contributed by atoms with E-state index in [0.717, 1.165) is 22.1 Å². The number of hydrogen-bond donors (Lipinski definition) is 1. The Bertz CT molecular complexity index is 1000. The van der Waals surface area contributed by atoms with Crippen molar-refractivity contribution in [3.63, 3.8) is 0 Å². The molecule has 0 saturated heterocycles. The summed E-state index contributed by atoms with van der Waals surface area (Å²) in [5.74, 6) is -0.239. The zero-order chi connectivity index (χ0) is 19.9. The molecule has 1 N–H and O–H groups in total. The highest BCUT2D eigenvalue weighted by atomic mass is 16.5. The number of hydrogen-bond acceptors (Lipinski definition) is 4. The molecule has 1 atom stereocenters. The van der Waals surface area contributed by atoms with Gasteiger partial charge in [-0.15, -0.1) is 0 Å². The van der Waals surface area contributed by atoms with Crippen molar-refractivity contribution in [3.8, 4) is 5.75 Å². The van der Waals surface area contributed by atoms with Crippen LogP contribution in [-0.2, 0) is 14.3 Å². The Morgan fingerprint density at radius 3 is 2.43 bits per heavy atom. The van der Waals surface area contributed by atoms with E-state index in [9.17, 15) is 9.59 Å². The molecule has 0 fully saturated rings. The molecule has 0 aliphatic carbocycles. The number of nitrogens with one attached hydrogen (secondary N) is 1. The van der Waals surface area contributed by atoms with E-state index in [-0.39, 0.29) is 5.91 Å². The Morgan fingerprint density at radius 2 is 1.68 bits per heavy atom. The van der Waals surface area contributed by atoms with Crippen LogP contribution in [0.1, 0.15) is 12.5 Å². The minimum Gasteiger partial charge on any atom is -0.497 e. The molecule has 0 bridgehead atoms. The van der Waals surface area contributed by atoms with E-state index in [1.165, 1.54) is 6.08 Å². The summed E-state index contributed by atoms with van der Waals surface area (Å²) in [6.45, 7) is 1.54. The van der Waals surface area contributed by atoms with Gasteiger partial charge in [-0.1, -0.05) is 48.5 Å². The van der Waals surface area contributed by atoms with Gasteiger partial charge in [-0.2, -0.15) is 0 Å². The van der Waals surface area contributed by atoms with Crippen LogP contribution >= 0.6 is 0 Å². The third-order valence-electron chi connectivity index (χ3n) is 4.24. The van der Waals surface area contributed by atoms with Gasteiger partial charge in [-0.3, -0.25) is 4.79 Å². The van der Waals surface area contributed by atoms with Crippen molar-refractivity contribution in [2.75, 3.05) is 12.4 Å². The Kier molecular flexibility index (Phi) is 6.07. The van der Waals surface area contributed by atoms with Gasteiger partial charge in [0.1, 0.15) is 5.75 Å². The third-order valence-corrected chi connectivity index (χ3v) is 4.24. The number of ether oxygens (including phenoxy) is 2. The van der Waals surface area contributed by atoms with E-state index >= 15 is 0 Å². The van der Waals surface area contributed by atoms with Gasteiger partial charge in [0.15, 0.2) is 6.10 Å². The Hall–Kier alpha value is -3.60. The largest absolute Gasteiger partial charge is 0.497 e. The summed E-state index contributed by atoms with van der Waals surface area (Å²) in [7, 11) is 1.59. The van der Waals surface area contributed by atoms with Gasteiger partial charge in [0.25, 0.3) is 5.91 Å². The van der Waals surface area contributed by atoms with Crippen molar-refractivity contribution in [2.45, 2.75) is 13.0 Å². The summed E-state index contributed by atoms with van der Waals surface area (Å²) in [4.78, 5) is 24.4. The normalized spacial score (nSPS) is 11.9. The van der Waals surface area contributed by atoms with Crippen molar-refractivity contribution in [1.29, 1.82) is 0 Å². The predicted molar refractivity (Wildman–Crippen MR) is 110 cm³/mol. The Morgan fingerprint density at radius 1 is 0.964 bits per heavy atom. The second kappa shape index (κ2) is 8.86. The second-order valence-electron chi connectivity index (χ2n) is 6.20. The monoisotopic (exact) mass is 375 g/mol. The summed E-state index contributed by atoms with van der Waals surface area (Å²) >= 11 is 0. The number of carbonyl (C=O) groups is 2. The molecule has 0 heterocycles. The van der Waals surface area contributed by atoms with E-state index in [0.29, 0.717) is 5.69 Å². The average molecular weight is 375 g/mol. The number of benzene rings is 3. The molecular weight excluding hydrogens is 354 g/mol. The summed E-state index contributed by atoms with van der Waals surface area (Å²) in [6.07, 6.45) is 1.99. The van der Waals surface area contributed by atoms with Gasteiger partial charge in [0.05, 0.1) is 7.11 Å². The van der Waals surface area contributed by atoms with Crippen LogP contribution in [0, 0.1) is 0 Å². The molecule has 5 heteroatoms. The summed E-state index contributed by atoms with van der Waals surface area (Å²) in [5, 5.41) is 4.77. The zero-order valence-electron chi connectivity index (χ0n) is 15.7. The lowest BCUT2D eigenvalue weighted by Crippen LogP contribution is -2.29. The Balaban J connectivity index is 1.60. The first-order valence-corrected chi connectivity index (χ1v) is 8.88. The van der Waals surface area contributed by atoms with Crippen LogP contribution in [0.25, 0.3) is 16.8 Å². The van der Waals surface area contributed by atoms with Gasteiger partial charge < -0.3 is 14.8 Å². The molecule has 142 valence electrons. The summed E-state index contributed by atoms with van der Waals surface area (Å²) < 4.78 is 10.3. The topological polar surface area (TPSA) is 64.6 Å². The molecular formula is C23H21NO4. The van der Waals surface area contributed by atoms with Gasteiger partial charge in [0, 0.05) is 17.1 Å². The minimum absolute atomic E-state index is 0.387. The van der Waals surface area contributed by atoms with Gasteiger partial charge in [-0.25, -0.2) is 4.79 Å². The number of esters is 1. The highest BCUT2D eigenvalue weighted by Crippen LogP contribution is 2.23. The van der Waals surface area contributed by atoms with Crippen LogP contribution in [0.4, 0.5) is 5.69 Å². The molecule has 0 aromatic heterocycles. The molecule has 28 heavy (non-hydrogen) atoms. The fourth-order valence-electron chi connectivity index (χ4n) is 2.72. The van der Waals surface area contributed by atoms with E-state index in [1.807, 2.05) is 54.6 Å². The highest BCUT2D eigenvalue weighted by Gasteiger charge is 2.17. The molecule has 3 aromatic carbocycles. The third kappa shape index (κ3) is 4.76. The summed E-state index contributed by atoms with van der Waals surface area (Å²) in [5.41, 5.74) is 1.50. The lowest BCUT2D eigenvalue weighted by molar-refractivity contribution is -0.148. The zero-order valence-corrected chi connectivity index (χ0v) is 15.7. The van der Waals surface area contributed by atoms with Crippen LogP contribution in [-0.4, -0.2) is 25.1 Å². The van der Waals surface area contributed by atoms with Crippen LogP contribution in [0.15, 0.2) is 72.8 Å². The van der Waals surface area contributed by atoms with Crippen LogP contribution < -0.4 is 10.1 Å². The first-order chi connectivity index (χ1) is 13.6. The molecule has 3 aromatic rings. The quantitative estimate of drug-likeness (QED) is 0.511. The average Bonchev–Trinajstić information content (AvgIpc) is 2.73. The van der Waals surface area contributed by atoms with E-state index in [1.54, 1.807) is 32.2 Å². The number of carbonyl (C=O) groups excluding carboxylic acids is 2. The van der Waals surface area contributed by atoms with Gasteiger partial charge in [0.2, 0.25) is 0 Å². The lowest BCUT2D eigenvalue weighted by Gasteiger charge is -2.14. The highest BCUT2D eigenvalue weighted by molar-refractivity contribution is 6.04. The predicted octanol–water partition coefficient (Wildman–Crippen LogP) is 4.43. The molecule has 3 rings (SSSR count). The van der Waals surface area contributed by atoms with Crippen molar-refractivity contribution >= 4 is 34.4 Å². The van der Waals surface area contributed by atoms with Crippen LogP contribution in [0.3, 0.4) is 0 Å². The van der Waals surface area contributed by atoms with Gasteiger partial charge in [-0.05, 0) is 42.1 Å². The molecule has 0 saturated carbocycles. The number of rotatable bonds is 6. The van der Waals surface area contributed by atoms with Gasteiger partial charge >= 0.3 is 5.97 Å². The molecule has 0 unspecified atom stereocenters. The first kappa shape index (κ1) is 19.2. The van der Waals surface area contributed by atoms with Crippen molar-refractivity contribution in [1.82, 2.24) is 0 Å². The van der Waals surface area contributed by atoms with E-state index < -0.39 is 12.1 Å². The molecule has 0 spiro atoms. The smallest absolute Gasteiger partial charge is 0.331 e. The van der Waals surface area contributed by atoms with Crippen LogP contribution in [0.5, 0.6) is 5.75 Å². The van der Waals surface area contributed by atoms with E-state index in [4.69, 9.17) is 9.47 Å².